The zero-order valence-electron chi connectivity index (χ0n) is 9.39. The first-order valence-corrected chi connectivity index (χ1v) is 6.93. The molecule has 4 nitrogen and oxygen atoms in total. The van der Waals surface area contributed by atoms with Crippen LogP contribution in [0.5, 0.6) is 0 Å². The standard InChI is InChI=1S/C12H8N2O2S2/c1-6-8(5-15)18-12-9(6)11(16)13-10(14-12)7-3-2-4-17-7/h2-5H,1H3,(H,13,14,16). The first kappa shape index (κ1) is 11.3. The minimum Gasteiger partial charge on any atom is -0.305 e. The molecule has 3 aromatic heterocycles. The number of rotatable bonds is 2. The molecular formula is C12H8N2O2S2. The Morgan fingerprint density at radius 2 is 2.28 bits per heavy atom. The van der Waals surface area contributed by atoms with E-state index >= 15 is 0 Å². The number of carbonyl (C=O) groups excluding carboxylic acids is 1. The van der Waals surface area contributed by atoms with Crippen LogP contribution in [0, 0.1) is 6.92 Å². The molecule has 3 heterocycles. The van der Waals surface area contributed by atoms with E-state index in [0.29, 0.717) is 26.5 Å². The van der Waals surface area contributed by atoms with E-state index in [-0.39, 0.29) is 5.56 Å². The number of carbonyl (C=O) groups is 1. The van der Waals surface area contributed by atoms with Crippen LogP contribution >= 0.6 is 22.7 Å². The molecule has 0 unspecified atom stereocenters. The normalized spacial score (nSPS) is 10.9. The molecule has 0 saturated carbocycles. The van der Waals surface area contributed by atoms with Gasteiger partial charge in [-0.1, -0.05) is 6.07 Å². The second-order valence-corrected chi connectivity index (χ2v) is 5.76. The third-order valence-electron chi connectivity index (χ3n) is 2.70. The third kappa shape index (κ3) is 1.61. The van der Waals surface area contributed by atoms with Crippen LogP contribution in [-0.4, -0.2) is 16.3 Å². The van der Waals surface area contributed by atoms with E-state index in [2.05, 4.69) is 9.97 Å². The van der Waals surface area contributed by atoms with Crippen molar-refractivity contribution in [2.24, 2.45) is 0 Å². The van der Waals surface area contributed by atoms with Gasteiger partial charge in [-0.25, -0.2) is 4.98 Å². The van der Waals surface area contributed by atoms with Crippen molar-refractivity contribution >= 4 is 39.2 Å². The zero-order valence-corrected chi connectivity index (χ0v) is 11.0. The van der Waals surface area contributed by atoms with Crippen LogP contribution in [0.2, 0.25) is 0 Å². The van der Waals surface area contributed by atoms with E-state index in [0.717, 1.165) is 11.2 Å². The van der Waals surface area contributed by atoms with Crippen molar-refractivity contribution < 1.29 is 4.79 Å². The molecule has 0 saturated heterocycles. The number of aldehydes is 1. The van der Waals surface area contributed by atoms with Crippen LogP contribution in [0.3, 0.4) is 0 Å². The van der Waals surface area contributed by atoms with Gasteiger partial charge >= 0.3 is 0 Å². The molecular weight excluding hydrogens is 268 g/mol. The number of nitrogens with zero attached hydrogens (tertiary/aromatic N) is 1. The molecule has 0 amide bonds. The van der Waals surface area contributed by atoms with Crippen LogP contribution in [-0.2, 0) is 0 Å². The topological polar surface area (TPSA) is 62.8 Å². The number of aromatic nitrogens is 2. The molecule has 18 heavy (non-hydrogen) atoms. The second kappa shape index (κ2) is 4.15. The van der Waals surface area contributed by atoms with E-state index < -0.39 is 0 Å². The molecule has 0 radical (unpaired) electrons. The lowest BCUT2D eigenvalue weighted by molar-refractivity contribution is 0.112. The highest BCUT2D eigenvalue weighted by atomic mass is 32.1. The van der Waals surface area contributed by atoms with Gasteiger partial charge in [0.2, 0.25) is 0 Å². The summed E-state index contributed by atoms with van der Waals surface area (Å²) in [6.07, 6.45) is 0.770. The Morgan fingerprint density at radius 1 is 1.44 bits per heavy atom. The number of thiophene rings is 2. The number of hydrogen-bond donors (Lipinski definition) is 1. The molecule has 0 aliphatic heterocycles. The molecule has 0 fully saturated rings. The van der Waals surface area contributed by atoms with Gasteiger partial charge in [0.25, 0.3) is 5.56 Å². The Bertz CT molecular complexity index is 784. The van der Waals surface area contributed by atoms with Gasteiger partial charge < -0.3 is 4.98 Å². The van der Waals surface area contributed by atoms with Crippen molar-refractivity contribution in [1.29, 1.82) is 0 Å². The Kier molecular flexibility index (Phi) is 2.61. The first-order chi connectivity index (χ1) is 8.70. The third-order valence-corrected chi connectivity index (χ3v) is 4.69. The minimum absolute atomic E-state index is 0.190. The average molecular weight is 276 g/mol. The maximum absolute atomic E-state index is 12.0. The molecule has 1 N–H and O–H groups in total. The minimum atomic E-state index is -0.190. The van der Waals surface area contributed by atoms with Crippen molar-refractivity contribution in [2.45, 2.75) is 6.92 Å². The van der Waals surface area contributed by atoms with Crippen LogP contribution in [0.1, 0.15) is 15.2 Å². The number of aryl methyl sites for hydroxylation is 1. The van der Waals surface area contributed by atoms with Crippen LogP contribution in [0.25, 0.3) is 20.9 Å². The summed E-state index contributed by atoms with van der Waals surface area (Å²) >= 11 is 2.77. The maximum atomic E-state index is 12.0. The number of hydrogen-bond acceptors (Lipinski definition) is 5. The van der Waals surface area contributed by atoms with Crippen LogP contribution in [0.15, 0.2) is 22.3 Å². The van der Waals surface area contributed by atoms with Gasteiger partial charge in [-0.05, 0) is 23.9 Å². The van der Waals surface area contributed by atoms with Gasteiger partial charge in [0.1, 0.15) is 4.83 Å². The van der Waals surface area contributed by atoms with E-state index in [1.54, 1.807) is 6.92 Å². The van der Waals surface area contributed by atoms with Crippen LogP contribution < -0.4 is 5.56 Å². The Balaban J connectivity index is 2.35. The van der Waals surface area contributed by atoms with Gasteiger partial charge in [0.15, 0.2) is 12.1 Å². The Labute approximate surface area is 110 Å². The van der Waals surface area contributed by atoms with Gasteiger partial charge in [0.05, 0.1) is 15.1 Å². The molecule has 6 heteroatoms. The summed E-state index contributed by atoms with van der Waals surface area (Å²) in [4.78, 5) is 32.2. The maximum Gasteiger partial charge on any atom is 0.260 e. The summed E-state index contributed by atoms with van der Waals surface area (Å²) in [6.45, 7) is 1.77. The summed E-state index contributed by atoms with van der Waals surface area (Å²) < 4.78 is 0. The lowest BCUT2D eigenvalue weighted by Crippen LogP contribution is -2.08. The smallest absolute Gasteiger partial charge is 0.260 e. The molecule has 3 rings (SSSR count). The van der Waals surface area contributed by atoms with E-state index in [4.69, 9.17) is 0 Å². The van der Waals surface area contributed by atoms with Gasteiger partial charge in [-0.3, -0.25) is 9.59 Å². The summed E-state index contributed by atoms with van der Waals surface area (Å²) in [5.74, 6) is 0.557. The lowest BCUT2D eigenvalue weighted by atomic mass is 10.2. The molecule has 0 atom stereocenters. The highest BCUT2D eigenvalue weighted by molar-refractivity contribution is 7.20. The highest BCUT2D eigenvalue weighted by Gasteiger charge is 2.14. The molecule has 3 aromatic rings. The van der Waals surface area contributed by atoms with Gasteiger partial charge in [0, 0.05) is 0 Å². The van der Waals surface area contributed by atoms with Crippen molar-refractivity contribution in [3.05, 3.63) is 38.3 Å². The molecule has 0 aliphatic rings. The molecule has 90 valence electrons. The van der Waals surface area contributed by atoms with Crippen molar-refractivity contribution in [2.75, 3.05) is 0 Å². The zero-order chi connectivity index (χ0) is 12.7. The number of H-pyrrole nitrogens is 1. The van der Waals surface area contributed by atoms with E-state index in [9.17, 15) is 9.59 Å². The highest BCUT2D eigenvalue weighted by Crippen LogP contribution is 2.28. The predicted molar refractivity (Wildman–Crippen MR) is 73.7 cm³/mol. The largest absolute Gasteiger partial charge is 0.305 e. The van der Waals surface area contributed by atoms with Crippen molar-refractivity contribution in [3.8, 4) is 10.7 Å². The van der Waals surface area contributed by atoms with Crippen molar-refractivity contribution in [3.63, 3.8) is 0 Å². The summed E-state index contributed by atoms with van der Waals surface area (Å²) in [5.41, 5.74) is 0.515. The molecule has 0 aliphatic carbocycles. The van der Waals surface area contributed by atoms with E-state index in [1.807, 2.05) is 17.5 Å². The molecule has 0 aromatic carbocycles. The summed E-state index contributed by atoms with van der Waals surface area (Å²) in [5, 5.41) is 2.44. The second-order valence-electron chi connectivity index (χ2n) is 3.78. The molecule has 0 spiro atoms. The molecule has 0 bridgehead atoms. The Hall–Kier alpha value is -1.79. The number of fused-ring (bicyclic) bond motifs is 1. The summed E-state index contributed by atoms with van der Waals surface area (Å²) in [6, 6.07) is 3.80. The predicted octanol–water partition coefficient (Wildman–Crippen LogP) is 2.83. The quantitative estimate of drug-likeness (QED) is 0.732. The monoisotopic (exact) mass is 276 g/mol. The number of aromatic amines is 1. The SMILES string of the molecule is Cc1c(C=O)sc2nc(-c3cccs3)[nH]c(=O)c12. The average Bonchev–Trinajstić information content (AvgIpc) is 2.97. The fourth-order valence-electron chi connectivity index (χ4n) is 1.80. The van der Waals surface area contributed by atoms with Crippen LogP contribution in [0.4, 0.5) is 0 Å². The fraction of sp³-hybridized carbons (Fsp3) is 0.0833. The Morgan fingerprint density at radius 3 is 2.94 bits per heavy atom. The van der Waals surface area contributed by atoms with Crippen molar-refractivity contribution in [1.82, 2.24) is 9.97 Å². The first-order valence-electron chi connectivity index (χ1n) is 5.23. The van der Waals surface area contributed by atoms with E-state index in [1.165, 1.54) is 22.7 Å². The van der Waals surface area contributed by atoms with Gasteiger partial charge in [-0.2, -0.15) is 0 Å². The fourth-order valence-corrected chi connectivity index (χ4v) is 3.47. The summed E-state index contributed by atoms with van der Waals surface area (Å²) in [7, 11) is 0. The van der Waals surface area contributed by atoms with Gasteiger partial charge in [-0.15, -0.1) is 22.7 Å². The lowest BCUT2D eigenvalue weighted by Gasteiger charge is -1.97. The number of nitrogens with one attached hydrogen (secondary N) is 1.